The highest BCUT2D eigenvalue weighted by Gasteiger charge is 2.17. The third kappa shape index (κ3) is 2.62. The van der Waals surface area contributed by atoms with Crippen molar-refractivity contribution >= 4 is 34.5 Å². The molecule has 0 fully saturated rings. The highest BCUT2D eigenvalue weighted by molar-refractivity contribution is 6.32. The first-order valence-corrected chi connectivity index (χ1v) is 7.94. The standard InChI is InChI=1S/C17H11ClN6O2/c18-13-7-3-4-8-14(13)24-15(25)11-6-2-1-5-10(11)12(16(24)26)9-19-17-20-22-23-21-17/h1-9,26H,(H,20,21,22,23)/b19-9+. The Balaban J connectivity index is 2.05. The molecule has 0 atom stereocenters. The number of aromatic nitrogens is 5. The molecular weight excluding hydrogens is 356 g/mol. The van der Waals surface area contributed by atoms with Crippen molar-refractivity contribution < 1.29 is 5.11 Å². The van der Waals surface area contributed by atoms with Crippen molar-refractivity contribution in [3.63, 3.8) is 0 Å². The number of H-pyrrole nitrogens is 1. The largest absolute Gasteiger partial charge is 0.494 e. The van der Waals surface area contributed by atoms with Crippen LogP contribution in [0.2, 0.25) is 5.02 Å². The molecule has 0 spiro atoms. The Labute approximate surface area is 151 Å². The Morgan fingerprint density at radius 3 is 2.58 bits per heavy atom. The molecule has 0 aliphatic carbocycles. The molecule has 8 nitrogen and oxygen atoms in total. The third-order valence-corrected chi connectivity index (χ3v) is 4.16. The molecule has 128 valence electrons. The number of benzene rings is 2. The second-order valence-corrected chi connectivity index (χ2v) is 5.75. The highest BCUT2D eigenvalue weighted by atomic mass is 35.5. The molecule has 0 aliphatic heterocycles. The summed E-state index contributed by atoms with van der Waals surface area (Å²) in [7, 11) is 0. The Kier molecular flexibility index (Phi) is 3.94. The number of halogens is 1. The van der Waals surface area contributed by atoms with Crippen molar-refractivity contribution in [1.82, 2.24) is 25.2 Å². The highest BCUT2D eigenvalue weighted by Crippen LogP contribution is 2.29. The normalized spacial score (nSPS) is 11.4. The molecule has 26 heavy (non-hydrogen) atoms. The van der Waals surface area contributed by atoms with Gasteiger partial charge >= 0.3 is 0 Å². The first-order chi connectivity index (χ1) is 12.7. The number of aliphatic imine (C=N–C) groups is 1. The lowest BCUT2D eigenvalue weighted by molar-refractivity contribution is 0.436. The summed E-state index contributed by atoms with van der Waals surface area (Å²) in [6.45, 7) is 0. The van der Waals surface area contributed by atoms with Crippen LogP contribution >= 0.6 is 11.6 Å². The summed E-state index contributed by atoms with van der Waals surface area (Å²) in [4.78, 5) is 17.0. The summed E-state index contributed by atoms with van der Waals surface area (Å²) in [5, 5.41) is 25.3. The van der Waals surface area contributed by atoms with Crippen LogP contribution in [0.1, 0.15) is 5.56 Å². The van der Waals surface area contributed by atoms with Crippen LogP contribution in [0, 0.1) is 0 Å². The van der Waals surface area contributed by atoms with Crippen LogP contribution in [-0.4, -0.2) is 36.5 Å². The molecule has 0 bridgehead atoms. The number of tetrazole rings is 1. The van der Waals surface area contributed by atoms with E-state index in [0.717, 1.165) is 4.57 Å². The van der Waals surface area contributed by atoms with Gasteiger partial charge in [0.1, 0.15) is 0 Å². The lowest BCUT2D eigenvalue weighted by atomic mass is 10.1. The van der Waals surface area contributed by atoms with Crippen molar-refractivity contribution in [2.24, 2.45) is 4.99 Å². The molecule has 0 amide bonds. The minimum absolute atomic E-state index is 0.101. The molecule has 2 aromatic heterocycles. The topological polar surface area (TPSA) is 109 Å². The van der Waals surface area contributed by atoms with Crippen LogP contribution in [0.5, 0.6) is 5.88 Å². The smallest absolute Gasteiger partial charge is 0.288 e. The number of nitrogens with one attached hydrogen (secondary N) is 1. The average Bonchev–Trinajstić information content (AvgIpc) is 3.17. The molecule has 0 radical (unpaired) electrons. The van der Waals surface area contributed by atoms with Gasteiger partial charge in [0.05, 0.1) is 16.3 Å². The summed E-state index contributed by atoms with van der Waals surface area (Å²) >= 11 is 6.23. The Hall–Kier alpha value is -3.52. The zero-order chi connectivity index (χ0) is 18.1. The summed E-state index contributed by atoms with van der Waals surface area (Å²) in [6, 6.07) is 13.7. The maximum atomic E-state index is 12.9. The first-order valence-electron chi connectivity index (χ1n) is 7.56. The summed E-state index contributed by atoms with van der Waals surface area (Å²) < 4.78 is 1.16. The number of rotatable bonds is 3. The van der Waals surface area contributed by atoms with Crippen molar-refractivity contribution in [2.75, 3.05) is 0 Å². The van der Waals surface area contributed by atoms with Crippen LogP contribution in [0.3, 0.4) is 0 Å². The molecule has 2 aromatic carbocycles. The van der Waals surface area contributed by atoms with Crippen molar-refractivity contribution in [2.45, 2.75) is 0 Å². The fraction of sp³-hybridized carbons (Fsp3) is 0. The fourth-order valence-electron chi connectivity index (χ4n) is 2.68. The van der Waals surface area contributed by atoms with Gasteiger partial charge in [0.2, 0.25) is 5.88 Å². The molecule has 2 heterocycles. The maximum Gasteiger partial charge on any atom is 0.288 e. The van der Waals surface area contributed by atoms with E-state index in [1.807, 2.05) is 0 Å². The second kappa shape index (κ2) is 6.41. The number of hydrogen-bond acceptors (Lipinski definition) is 6. The summed E-state index contributed by atoms with van der Waals surface area (Å²) in [6.07, 6.45) is 1.38. The van der Waals surface area contributed by atoms with Crippen molar-refractivity contribution in [3.8, 4) is 11.6 Å². The zero-order valence-corrected chi connectivity index (χ0v) is 13.9. The average molecular weight is 367 g/mol. The molecule has 4 rings (SSSR count). The van der Waals surface area contributed by atoms with Gasteiger partial charge in [-0.25, -0.2) is 9.56 Å². The van der Waals surface area contributed by atoms with Crippen LogP contribution in [0.15, 0.2) is 58.3 Å². The van der Waals surface area contributed by atoms with Gasteiger partial charge < -0.3 is 5.11 Å². The third-order valence-electron chi connectivity index (χ3n) is 3.84. The number of nitrogens with zero attached hydrogens (tertiary/aromatic N) is 5. The molecule has 0 unspecified atom stereocenters. The van der Waals surface area contributed by atoms with Crippen LogP contribution in [-0.2, 0) is 0 Å². The van der Waals surface area contributed by atoms with Crippen LogP contribution < -0.4 is 5.56 Å². The van der Waals surface area contributed by atoms with Gasteiger partial charge in [0, 0.05) is 17.0 Å². The van der Waals surface area contributed by atoms with E-state index < -0.39 is 0 Å². The SMILES string of the molecule is O=c1c2ccccc2c(/C=N/c2nn[nH]n2)c(O)n1-c1ccccc1Cl. The van der Waals surface area contributed by atoms with E-state index in [4.69, 9.17) is 11.6 Å². The predicted octanol–water partition coefficient (Wildman–Crippen LogP) is 2.61. The zero-order valence-electron chi connectivity index (χ0n) is 13.2. The lowest BCUT2D eigenvalue weighted by Gasteiger charge is -2.14. The predicted molar refractivity (Wildman–Crippen MR) is 97.7 cm³/mol. The Bertz CT molecular complexity index is 1180. The number of aromatic hydroxyl groups is 1. The Morgan fingerprint density at radius 2 is 1.85 bits per heavy atom. The molecular formula is C17H11ClN6O2. The van der Waals surface area contributed by atoms with Gasteiger partial charge in [-0.05, 0) is 23.4 Å². The number of aromatic amines is 1. The van der Waals surface area contributed by atoms with Gasteiger partial charge in [0.15, 0.2) is 0 Å². The minimum Gasteiger partial charge on any atom is -0.494 e. The lowest BCUT2D eigenvalue weighted by Crippen LogP contribution is -2.20. The maximum absolute atomic E-state index is 12.9. The van der Waals surface area contributed by atoms with Gasteiger partial charge in [-0.1, -0.05) is 47.0 Å². The van der Waals surface area contributed by atoms with E-state index in [1.165, 1.54) is 6.21 Å². The van der Waals surface area contributed by atoms with E-state index >= 15 is 0 Å². The van der Waals surface area contributed by atoms with E-state index in [-0.39, 0.29) is 17.4 Å². The van der Waals surface area contributed by atoms with Crippen molar-refractivity contribution in [3.05, 3.63) is 69.5 Å². The van der Waals surface area contributed by atoms with Crippen molar-refractivity contribution in [1.29, 1.82) is 0 Å². The molecule has 9 heteroatoms. The van der Waals surface area contributed by atoms with E-state index in [9.17, 15) is 9.90 Å². The van der Waals surface area contributed by atoms with Crippen LogP contribution in [0.4, 0.5) is 5.95 Å². The first kappa shape index (κ1) is 16.0. The van der Waals surface area contributed by atoms with E-state index in [2.05, 4.69) is 25.6 Å². The molecule has 0 saturated heterocycles. The van der Waals surface area contributed by atoms with Gasteiger partial charge in [-0.15, -0.1) is 5.10 Å². The molecule has 0 aliphatic rings. The van der Waals surface area contributed by atoms with E-state index in [1.54, 1.807) is 48.5 Å². The fourth-order valence-corrected chi connectivity index (χ4v) is 2.90. The number of para-hydroxylation sites is 1. The number of pyridine rings is 1. The van der Waals surface area contributed by atoms with Gasteiger partial charge in [0.25, 0.3) is 11.5 Å². The van der Waals surface area contributed by atoms with Crippen LogP contribution in [0.25, 0.3) is 16.5 Å². The summed E-state index contributed by atoms with van der Waals surface area (Å²) in [5.74, 6) is -0.182. The van der Waals surface area contributed by atoms with Gasteiger partial charge in [-0.2, -0.15) is 5.21 Å². The van der Waals surface area contributed by atoms with Gasteiger partial charge in [-0.3, -0.25) is 4.79 Å². The van der Waals surface area contributed by atoms with E-state index in [0.29, 0.717) is 27.0 Å². The molecule has 2 N–H and O–H groups in total. The second-order valence-electron chi connectivity index (χ2n) is 5.34. The number of hydrogen-bond donors (Lipinski definition) is 2. The summed E-state index contributed by atoms with van der Waals surface area (Å²) in [5.41, 5.74) is 0.324. The Morgan fingerprint density at radius 1 is 1.12 bits per heavy atom. The minimum atomic E-state index is -0.386. The molecule has 0 saturated carbocycles. The molecule has 4 aromatic rings. The number of fused-ring (bicyclic) bond motifs is 1. The monoisotopic (exact) mass is 366 g/mol. The quantitative estimate of drug-likeness (QED) is 0.542.